The second-order valence-corrected chi connectivity index (χ2v) is 10.4. The van der Waals surface area contributed by atoms with Crippen LogP contribution in [0.2, 0.25) is 0 Å². The van der Waals surface area contributed by atoms with E-state index < -0.39 is 0 Å². The lowest BCUT2D eigenvalue weighted by Crippen LogP contribution is -2.40. The molecule has 3 nitrogen and oxygen atoms in total. The number of hydrogen-bond acceptors (Lipinski definition) is 2. The maximum Gasteiger partial charge on any atom is 0.230 e. The highest BCUT2D eigenvalue weighted by Gasteiger charge is 2.35. The molecule has 1 unspecified atom stereocenters. The van der Waals surface area contributed by atoms with Gasteiger partial charge in [0.1, 0.15) is 0 Å². The summed E-state index contributed by atoms with van der Waals surface area (Å²) in [6, 6.07) is -0.00397. The van der Waals surface area contributed by atoms with Crippen molar-refractivity contribution >= 4 is 11.8 Å². The molecule has 2 amide bonds. The van der Waals surface area contributed by atoms with Gasteiger partial charge in [0.2, 0.25) is 11.8 Å². The Kier molecular flexibility index (Phi) is 18.4. The molecule has 1 fully saturated rings. The Bertz CT molecular complexity index is 523. The highest BCUT2D eigenvalue weighted by molar-refractivity contribution is 6.02. The van der Waals surface area contributed by atoms with Crippen LogP contribution < -0.4 is 0 Å². The van der Waals surface area contributed by atoms with Gasteiger partial charge >= 0.3 is 0 Å². The summed E-state index contributed by atoms with van der Waals surface area (Å²) in [5, 5.41) is 0. The van der Waals surface area contributed by atoms with Gasteiger partial charge < -0.3 is 0 Å². The van der Waals surface area contributed by atoms with Crippen molar-refractivity contribution in [2.24, 2.45) is 0 Å². The minimum Gasteiger partial charge on any atom is -0.275 e. The van der Waals surface area contributed by atoms with Crippen LogP contribution in [0, 0.1) is 0 Å². The molecule has 1 saturated heterocycles. The van der Waals surface area contributed by atoms with Crippen molar-refractivity contribution in [1.29, 1.82) is 0 Å². The van der Waals surface area contributed by atoms with E-state index in [9.17, 15) is 9.59 Å². The van der Waals surface area contributed by atoms with E-state index in [1.807, 2.05) is 0 Å². The first-order chi connectivity index (χ1) is 16.1. The molecule has 0 spiro atoms. The van der Waals surface area contributed by atoms with Gasteiger partial charge in [-0.15, -0.1) is 0 Å². The fraction of sp³-hybridized carbons (Fsp3) is 0.867. The summed E-state index contributed by atoms with van der Waals surface area (Å²) in [5.74, 6) is 0.0764. The summed E-state index contributed by atoms with van der Waals surface area (Å²) in [6.07, 6.45) is 28.9. The SMILES string of the molecule is CCCCCCCCCCCC/C=C(\C)C(CCCCCCCCCC)N1C(=O)CCC1=O. The fourth-order valence-corrected chi connectivity index (χ4v) is 5.07. The minimum absolute atomic E-state index is 0.00397. The minimum atomic E-state index is -0.00397. The number of carbonyl (C=O) groups is 2. The van der Waals surface area contributed by atoms with E-state index in [0.717, 1.165) is 19.3 Å². The van der Waals surface area contributed by atoms with Gasteiger partial charge in [0.15, 0.2) is 0 Å². The molecule has 1 heterocycles. The molecular formula is C30H55NO2. The number of allylic oxidation sites excluding steroid dienone is 1. The van der Waals surface area contributed by atoms with Crippen molar-refractivity contribution in [2.45, 2.75) is 168 Å². The first-order valence-corrected chi connectivity index (χ1v) is 14.6. The van der Waals surface area contributed by atoms with Crippen molar-refractivity contribution in [1.82, 2.24) is 4.90 Å². The van der Waals surface area contributed by atoms with E-state index >= 15 is 0 Å². The van der Waals surface area contributed by atoms with Crippen molar-refractivity contribution < 1.29 is 9.59 Å². The van der Waals surface area contributed by atoms with Gasteiger partial charge in [-0.05, 0) is 26.2 Å². The van der Waals surface area contributed by atoms with Crippen molar-refractivity contribution in [3.8, 4) is 0 Å². The van der Waals surface area contributed by atoms with E-state index in [2.05, 4.69) is 26.8 Å². The average molecular weight is 462 g/mol. The van der Waals surface area contributed by atoms with Crippen LogP contribution in [0.3, 0.4) is 0 Å². The Hall–Kier alpha value is -1.12. The summed E-state index contributed by atoms with van der Waals surface area (Å²) in [6.45, 7) is 6.67. The molecule has 192 valence electrons. The van der Waals surface area contributed by atoms with Crippen LogP contribution in [0.1, 0.15) is 162 Å². The van der Waals surface area contributed by atoms with Crippen LogP contribution in [-0.4, -0.2) is 22.8 Å². The van der Waals surface area contributed by atoms with Gasteiger partial charge in [-0.2, -0.15) is 0 Å². The predicted molar refractivity (Wildman–Crippen MR) is 142 cm³/mol. The number of unbranched alkanes of at least 4 members (excludes halogenated alkanes) is 17. The number of hydrogen-bond donors (Lipinski definition) is 0. The quantitative estimate of drug-likeness (QED) is 0.0914. The monoisotopic (exact) mass is 461 g/mol. The Morgan fingerprint density at radius 3 is 1.52 bits per heavy atom. The molecule has 1 atom stereocenters. The molecule has 33 heavy (non-hydrogen) atoms. The number of nitrogens with zero attached hydrogens (tertiary/aromatic N) is 1. The van der Waals surface area contributed by atoms with Crippen LogP contribution in [-0.2, 0) is 9.59 Å². The molecule has 0 radical (unpaired) electrons. The van der Waals surface area contributed by atoms with E-state index in [4.69, 9.17) is 0 Å². The lowest BCUT2D eigenvalue weighted by molar-refractivity contribution is -0.140. The predicted octanol–water partition coefficient (Wildman–Crippen LogP) is 9.29. The van der Waals surface area contributed by atoms with Crippen molar-refractivity contribution in [3.63, 3.8) is 0 Å². The smallest absolute Gasteiger partial charge is 0.230 e. The summed E-state index contributed by atoms with van der Waals surface area (Å²) < 4.78 is 0. The van der Waals surface area contributed by atoms with Crippen molar-refractivity contribution in [2.75, 3.05) is 0 Å². The highest BCUT2D eigenvalue weighted by atomic mass is 16.2. The number of likely N-dealkylation sites (tertiary alicyclic amines) is 1. The molecule has 0 aromatic heterocycles. The summed E-state index contributed by atoms with van der Waals surface area (Å²) >= 11 is 0. The average Bonchev–Trinajstić information content (AvgIpc) is 3.14. The molecule has 1 aliphatic heterocycles. The lowest BCUT2D eigenvalue weighted by Gasteiger charge is -2.27. The molecule has 0 saturated carbocycles. The van der Waals surface area contributed by atoms with E-state index in [1.54, 1.807) is 4.90 Å². The van der Waals surface area contributed by atoms with E-state index in [-0.39, 0.29) is 17.9 Å². The van der Waals surface area contributed by atoms with Crippen LogP contribution in [0.25, 0.3) is 0 Å². The van der Waals surface area contributed by atoms with E-state index in [0.29, 0.717) is 12.8 Å². The highest BCUT2D eigenvalue weighted by Crippen LogP contribution is 2.25. The third-order valence-electron chi connectivity index (χ3n) is 7.28. The number of amides is 2. The number of rotatable bonds is 22. The van der Waals surface area contributed by atoms with Crippen LogP contribution in [0.15, 0.2) is 11.6 Å². The van der Waals surface area contributed by atoms with Gasteiger partial charge in [0, 0.05) is 12.8 Å². The second-order valence-electron chi connectivity index (χ2n) is 10.4. The number of carbonyl (C=O) groups excluding carboxylic acids is 2. The zero-order valence-corrected chi connectivity index (χ0v) is 22.5. The molecule has 0 aromatic rings. The molecule has 0 bridgehead atoms. The van der Waals surface area contributed by atoms with Gasteiger partial charge in [-0.1, -0.05) is 135 Å². The van der Waals surface area contributed by atoms with E-state index in [1.165, 1.54) is 115 Å². The summed E-state index contributed by atoms with van der Waals surface area (Å²) in [4.78, 5) is 26.4. The summed E-state index contributed by atoms with van der Waals surface area (Å²) in [7, 11) is 0. The largest absolute Gasteiger partial charge is 0.275 e. The lowest BCUT2D eigenvalue weighted by atomic mass is 9.97. The first kappa shape index (κ1) is 29.9. The Balaban J connectivity index is 2.32. The zero-order valence-electron chi connectivity index (χ0n) is 22.5. The molecule has 0 N–H and O–H groups in total. The Morgan fingerprint density at radius 2 is 1.06 bits per heavy atom. The van der Waals surface area contributed by atoms with Crippen molar-refractivity contribution in [3.05, 3.63) is 11.6 Å². The maximum atomic E-state index is 12.4. The van der Waals surface area contributed by atoms with Crippen LogP contribution in [0.5, 0.6) is 0 Å². The zero-order chi connectivity index (χ0) is 24.2. The van der Waals surface area contributed by atoms with Crippen LogP contribution in [0.4, 0.5) is 0 Å². The van der Waals surface area contributed by atoms with Gasteiger partial charge in [-0.25, -0.2) is 0 Å². The number of imide groups is 1. The topological polar surface area (TPSA) is 37.4 Å². The molecular weight excluding hydrogens is 406 g/mol. The molecule has 0 aromatic carbocycles. The third-order valence-corrected chi connectivity index (χ3v) is 7.28. The van der Waals surface area contributed by atoms with Gasteiger partial charge in [-0.3, -0.25) is 14.5 Å². The standard InChI is InChI=1S/C30H55NO2/c1-4-6-8-10-12-14-15-16-17-19-21-23-27(3)28(31-29(32)25-26-30(31)33)24-22-20-18-13-11-9-7-5-2/h23,28H,4-22,24-26H2,1-3H3/b27-23+. The fourth-order valence-electron chi connectivity index (χ4n) is 5.07. The normalized spacial score (nSPS) is 15.6. The Morgan fingerprint density at radius 1 is 0.667 bits per heavy atom. The third kappa shape index (κ3) is 14.0. The molecule has 1 rings (SSSR count). The van der Waals surface area contributed by atoms with Gasteiger partial charge in [0.25, 0.3) is 0 Å². The van der Waals surface area contributed by atoms with Gasteiger partial charge in [0.05, 0.1) is 6.04 Å². The van der Waals surface area contributed by atoms with Crippen LogP contribution >= 0.6 is 0 Å². The molecule has 0 aliphatic carbocycles. The second kappa shape index (κ2) is 20.3. The first-order valence-electron chi connectivity index (χ1n) is 14.6. The molecule has 3 heteroatoms. The molecule has 1 aliphatic rings. The summed E-state index contributed by atoms with van der Waals surface area (Å²) in [5.41, 5.74) is 1.23. The Labute approximate surface area is 206 Å². The maximum absolute atomic E-state index is 12.4.